The number of carbonyl (C=O) groups excluding carboxylic acids is 1. The summed E-state index contributed by atoms with van der Waals surface area (Å²) in [6.45, 7) is 13.1. The van der Waals surface area contributed by atoms with Gasteiger partial charge in [-0.25, -0.2) is 0 Å². The lowest BCUT2D eigenvalue weighted by atomic mass is 10.0. The molecule has 0 spiro atoms. The highest BCUT2D eigenvalue weighted by atomic mass is 28.4. The maximum Gasteiger partial charge on any atom is 0.261 e. The van der Waals surface area contributed by atoms with Crippen molar-refractivity contribution in [3.05, 3.63) is 60.0 Å². The van der Waals surface area contributed by atoms with E-state index >= 15 is 0 Å². The molecule has 0 unspecified atom stereocenters. The van der Waals surface area contributed by atoms with Gasteiger partial charge in [-0.15, -0.1) is 0 Å². The number of benzene rings is 1. The average molecular weight is 372 g/mol. The second-order valence-corrected chi connectivity index (χ2v) is 13.2. The highest BCUT2D eigenvalue weighted by Crippen LogP contribution is 2.39. The van der Waals surface area contributed by atoms with Crippen molar-refractivity contribution in [2.75, 3.05) is 0 Å². The molecule has 1 atom stereocenters. The Kier molecular flexibility index (Phi) is 6.51. The predicted molar refractivity (Wildman–Crippen MR) is 111 cm³/mol. The number of rotatable bonds is 5. The van der Waals surface area contributed by atoms with Crippen molar-refractivity contribution < 1.29 is 9.22 Å². The predicted octanol–water partition coefficient (Wildman–Crippen LogP) is 6.12. The fourth-order valence-corrected chi connectivity index (χ4v) is 3.85. The van der Waals surface area contributed by atoms with E-state index in [9.17, 15) is 4.79 Å². The third-order valence-corrected chi connectivity index (χ3v) is 9.78. The number of nitrogens with zero attached hydrogens (tertiary/aromatic N) is 1. The summed E-state index contributed by atoms with van der Waals surface area (Å²) < 4.78 is 6.58. The largest absolute Gasteiger partial charge is 0.532 e. The van der Waals surface area contributed by atoms with Crippen LogP contribution in [0.4, 0.5) is 0 Å². The first-order valence-corrected chi connectivity index (χ1v) is 12.5. The van der Waals surface area contributed by atoms with Crippen molar-refractivity contribution in [1.82, 2.24) is 4.90 Å². The lowest BCUT2D eigenvalue weighted by Gasteiger charge is -2.41. The molecule has 4 heteroatoms. The third kappa shape index (κ3) is 4.67. The molecule has 142 valence electrons. The van der Waals surface area contributed by atoms with Crippen molar-refractivity contribution in [3.63, 3.8) is 0 Å². The SMILES string of the molecule is C/C=C(/O[Si](C)(C)C(C)(C)C)N(C(=O)c1ccccc1)[C@H]1C=CCCC1. The number of hydrogen-bond donors (Lipinski definition) is 0. The smallest absolute Gasteiger partial charge is 0.261 e. The molecule has 0 fully saturated rings. The van der Waals surface area contributed by atoms with Gasteiger partial charge in [-0.1, -0.05) is 51.1 Å². The molecular weight excluding hydrogens is 338 g/mol. The molecule has 26 heavy (non-hydrogen) atoms. The topological polar surface area (TPSA) is 29.5 Å². The minimum Gasteiger partial charge on any atom is -0.532 e. The van der Waals surface area contributed by atoms with Crippen molar-refractivity contribution >= 4 is 14.2 Å². The second kappa shape index (κ2) is 8.25. The lowest BCUT2D eigenvalue weighted by Crippen LogP contribution is -2.47. The second-order valence-electron chi connectivity index (χ2n) is 8.46. The van der Waals surface area contributed by atoms with E-state index in [0.717, 1.165) is 19.3 Å². The maximum absolute atomic E-state index is 13.4. The van der Waals surface area contributed by atoms with E-state index in [2.05, 4.69) is 46.0 Å². The van der Waals surface area contributed by atoms with Crippen LogP contribution in [0.5, 0.6) is 0 Å². The molecule has 1 amide bonds. The number of hydrogen-bond acceptors (Lipinski definition) is 2. The Morgan fingerprint density at radius 2 is 1.88 bits per heavy atom. The molecule has 1 aliphatic rings. The Morgan fingerprint density at radius 1 is 1.23 bits per heavy atom. The Labute approximate surface area is 159 Å². The van der Waals surface area contributed by atoms with Crippen LogP contribution < -0.4 is 0 Å². The summed E-state index contributed by atoms with van der Waals surface area (Å²) in [7, 11) is -2.05. The fraction of sp³-hybridized carbons (Fsp3) is 0.500. The van der Waals surface area contributed by atoms with E-state index in [4.69, 9.17) is 4.43 Å². The van der Waals surface area contributed by atoms with Crippen LogP contribution in [0.15, 0.2) is 54.4 Å². The summed E-state index contributed by atoms with van der Waals surface area (Å²) in [5, 5.41) is 0.0745. The molecule has 0 heterocycles. The summed E-state index contributed by atoms with van der Waals surface area (Å²) in [6.07, 6.45) is 9.42. The van der Waals surface area contributed by atoms with Crippen molar-refractivity contribution in [2.45, 2.75) is 71.1 Å². The van der Waals surface area contributed by atoms with Gasteiger partial charge < -0.3 is 4.43 Å². The Bertz CT molecular complexity index is 671. The van der Waals surface area contributed by atoms with Crippen molar-refractivity contribution in [1.29, 1.82) is 0 Å². The zero-order valence-electron chi connectivity index (χ0n) is 17.1. The highest BCUT2D eigenvalue weighted by molar-refractivity contribution is 6.74. The fourth-order valence-electron chi connectivity index (χ4n) is 2.81. The van der Waals surface area contributed by atoms with E-state index in [1.165, 1.54) is 0 Å². The Hall–Kier alpha value is -1.81. The zero-order valence-corrected chi connectivity index (χ0v) is 18.1. The molecule has 0 aromatic heterocycles. The molecule has 0 N–H and O–H groups in total. The van der Waals surface area contributed by atoms with Crippen LogP contribution in [-0.4, -0.2) is 25.2 Å². The van der Waals surface area contributed by atoms with E-state index in [-0.39, 0.29) is 17.0 Å². The van der Waals surface area contributed by atoms with Gasteiger partial charge in [-0.2, -0.15) is 0 Å². The molecule has 0 saturated carbocycles. The van der Waals surface area contributed by atoms with Crippen molar-refractivity contribution in [2.24, 2.45) is 0 Å². The summed E-state index contributed by atoms with van der Waals surface area (Å²) in [4.78, 5) is 15.2. The highest BCUT2D eigenvalue weighted by Gasteiger charge is 2.41. The molecule has 0 saturated heterocycles. The van der Waals surface area contributed by atoms with Crippen LogP contribution in [0.25, 0.3) is 0 Å². The first-order chi connectivity index (χ1) is 12.2. The van der Waals surface area contributed by atoms with E-state index in [0.29, 0.717) is 11.4 Å². The van der Waals surface area contributed by atoms with Crippen LogP contribution in [0, 0.1) is 0 Å². The van der Waals surface area contributed by atoms with Gasteiger partial charge in [0.05, 0.1) is 6.04 Å². The minimum atomic E-state index is -2.05. The number of allylic oxidation sites excluding steroid dienone is 2. The molecule has 0 radical (unpaired) electrons. The van der Waals surface area contributed by atoms with Crippen LogP contribution >= 0.6 is 0 Å². The Balaban J connectivity index is 2.40. The summed E-state index contributed by atoms with van der Waals surface area (Å²) >= 11 is 0. The van der Waals surface area contributed by atoms with Crippen LogP contribution in [-0.2, 0) is 4.43 Å². The van der Waals surface area contributed by atoms with Gasteiger partial charge in [0.25, 0.3) is 14.2 Å². The van der Waals surface area contributed by atoms with Crippen LogP contribution in [0.2, 0.25) is 18.1 Å². The van der Waals surface area contributed by atoms with Gasteiger partial charge in [-0.05, 0) is 62.5 Å². The molecular formula is C22H33NO2Si. The summed E-state index contributed by atoms with van der Waals surface area (Å²) in [6, 6.07) is 9.55. The van der Waals surface area contributed by atoms with Crippen molar-refractivity contribution in [3.8, 4) is 0 Å². The first kappa shape index (κ1) is 20.5. The first-order valence-electron chi connectivity index (χ1n) is 9.58. The van der Waals surface area contributed by atoms with E-state index in [1.54, 1.807) is 0 Å². The molecule has 1 aromatic carbocycles. The van der Waals surface area contributed by atoms with Gasteiger partial charge >= 0.3 is 0 Å². The van der Waals surface area contributed by atoms with Gasteiger partial charge in [0.2, 0.25) is 0 Å². The van der Waals surface area contributed by atoms with E-state index in [1.807, 2.05) is 48.2 Å². The molecule has 1 aromatic rings. The molecule has 1 aliphatic carbocycles. The van der Waals surface area contributed by atoms with Gasteiger partial charge in [-0.3, -0.25) is 9.69 Å². The van der Waals surface area contributed by atoms with Crippen LogP contribution in [0.1, 0.15) is 57.3 Å². The lowest BCUT2D eigenvalue weighted by molar-refractivity contribution is 0.0673. The Morgan fingerprint density at radius 3 is 2.38 bits per heavy atom. The molecule has 0 bridgehead atoms. The standard InChI is InChI=1S/C22H33NO2Si/c1-7-20(25-26(5,6)22(2,3)4)23(19-16-12-9-13-17-19)21(24)18-14-10-8-11-15-18/h7-8,10-12,14-16,19H,9,13,17H2,1-6H3/b20-7+/t19-/m0/s1. The minimum absolute atomic E-state index is 0.00830. The third-order valence-electron chi connectivity index (χ3n) is 5.45. The normalized spacial score (nSPS) is 18.5. The molecule has 0 aliphatic heterocycles. The van der Waals surface area contributed by atoms with Gasteiger partial charge in [0.15, 0.2) is 5.88 Å². The molecule has 2 rings (SSSR count). The number of amides is 1. The number of carbonyl (C=O) groups is 1. The van der Waals surface area contributed by atoms with Gasteiger partial charge in [0.1, 0.15) is 0 Å². The zero-order chi connectivity index (χ0) is 19.4. The summed E-state index contributed by atoms with van der Waals surface area (Å²) in [5.74, 6) is 0.705. The van der Waals surface area contributed by atoms with E-state index < -0.39 is 8.32 Å². The summed E-state index contributed by atoms with van der Waals surface area (Å²) in [5.41, 5.74) is 0.699. The van der Waals surface area contributed by atoms with Crippen LogP contribution in [0.3, 0.4) is 0 Å². The van der Waals surface area contributed by atoms with Gasteiger partial charge in [0, 0.05) is 5.56 Å². The maximum atomic E-state index is 13.4. The monoisotopic (exact) mass is 371 g/mol. The average Bonchev–Trinajstić information content (AvgIpc) is 2.61. The quantitative estimate of drug-likeness (QED) is 0.354. The molecule has 3 nitrogen and oxygen atoms in total.